The van der Waals surface area contributed by atoms with Crippen LogP contribution in [0.5, 0.6) is 0 Å². The first-order valence-corrected chi connectivity index (χ1v) is 6.08. The van der Waals surface area contributed by atoms with E-state index >= 15 is 0 Å². The van der Waals surface area contributed by atoms with E-state index in [2.05, 4.69) is 24.3 Å². The van der Waals surface area contributed by atoms with Crippen LogP contribution in [0.15, 0.2) is 30.3 Å². The molecule has 0 bridgehead atoms. The highest BCUT2D eigenvalue weighted by molar-refractivity contribution is 5.76. The van der Waals surface area contributed by atoms with Gasteiger partial charge in [-0.3, -0.25) is 4.79 Å². The molecule has 2 aliphatic rings. The van der Waals surface area contributed by atoms with Crippen molar-refractivity contribution < 1.29 is 9.53 Å². The smallest absolute Gasteiger partial charge is 0.309 e. The molecule has 0 aromatic heterocycles. The van der Waals surface area contributed by atoms with Crippen molar-refractivity contribution in [2.45, 2.75) is 25.2 Å². The van der Waals surface area contributed by atoms with Gasteiger partial charge in [-0.2, -0.15) is 0 Å². The first-order valence-electron chi connectivity index (χ1n) is 6.08. The molecule has 2 nitrogen and oxygen atoms in total. The summed E-state index contributed by atoms with van der Waals surface area (Å²) in [6.45, 7) is 0.646. The number of benzene rings is 1. The summed E-state index contributed by atoms with van der Waals surface area (Å²) in [5, 5.41) is 0. The average Bonchev–Trinajstić information content (AvgIpc) is 2.73. The Labute approximate surface area is 95.6 Å². The Kier molecular flexibility index (Phi) is 2.43. The maximum Gasteiger partial charge on any atom is 0.309 e. The molecule has 2 heteroatoms. The molecule has 3 atom stereocenters. The van der Waals surface area contributed by atoms with Gasteiger partial charge in [-0.05, 0) is 24.3 Å². The summed E-state index contributed by atoms with van der Waals surface area (Å²) in [6.07, 6.45) is 3.50. The summed E-state index contributed by atoms with van der Waals surface area (Å²) in [7, 11) is 0. The van der Waals surface area contributed by atoms with E-state index in [1.165, 1.54) is 12.0 Å². The fourth-order valence-corrected chi connectivity index (χ4v) is 3.19. The Morgan fingerprint density at radius 3 is 2.75 bits per heavy atom. The largest absolute Gasteiger partial charge is 0.465 e. The van der Waals surface area contributed by atoms with Gasteiger partial charge in [0.25, 0.3) is 0 Å². The molecule has 1 aromatic carbocycles. The summed E-state index contributed by atoms with van der Waals surface area (Å²) in [4.78, 5) is 11.8. The zero-order chi connectivity index (χ0) is 11.0. The number of cyclic esters (lactones) is 1. The Hall–Kier alpha value is -1.31. The number of carbonyl (C=O) groups is 1. The molecule has 0 N–H and O–H groups in total. The van der Waals surface area contributed by atoms with Crippen molar-refractivity contribution >= 4 is 5.97 Å². The van der Waals surface area contributed by atoms with Gasteiger partial charge < -0.3 is 4.74 Å². The standard InChI is InChI=1S/C14H16O2/c15-14-13-11(9-16-14)7-4-8-12(13)10-5-2-1-3-6-10/h1-3,5-6,11-13H,4,7-9H2/t11-,12-,13+/m1/s1. The average molecular weight is 216 g/mol. The number of rotatable bonds is 1. The van der Waals surface area contributed by atoms with Crippen LogP contribution in [-0.2, 0) is 9.53 Å². The summed E-state index contributed by atoms with van der Waals surface area (Å²) in [6, 6.07) is 10.4. The third-order valence-electron chi connectivity index (χ3n) is 3.97. The molecule has 1 aliphatic heterocycles. The highest BCUT2D eigenvalue weighted by Crippen LogP contribution is 2.44. The van der Waals surface area contributed by atoms with Gasteiger partial charge in [-0.15, -0.1) is 0 Å². The normalized spacial score (nSPS) is 33.2. The monoisotopic (exact) mass is 216 g/mol. The van der Waals surface area contributed by atoms with Crippen molar-refractivity contribution in [2.75, 3.05) is 6.61 Å². The molecule has 1 saturated heterocycles. The number of fused-ring (bicyclic) bond motifs is 1. The zero-order valence-corrected chi connectivity index (χ0v) is 9.26. The maximum atomic E-state index is 11.8. The molecule has 1 heterocycles. The lowest BCUT2D eigenvalue weighted by Gasteiger charge is -2.30. The second kappa shape index (κ2) is 3.93. The van der Waals surface area contributed by atoms with Crippen LogP contribution in [0.1, 0.15) is 30.7 Å². The summed E-state index contributed by atoms with van der Waals surface area (Å²) in [5.74, 6) is 0.996. The molecule has 2 fully saturated rings. The first-order chi connectivity index (χ1) is 7.86. The van der Waals surface area contributed by atoms with Crippen molar-refractivity contribution in [2.24, 2.45) is 11.8 Å². The minimum atomic E-state index is 0.0264. The van der Waals surface area contributed by atoms with E-state index in [1.807, 2.05) is 6.07 Å². The van der Waals surface area contributed by atoms with Crippen LogP contribution in [0.3, 0.4) is 0 Å². The van der Waals surface area contributed by atoms with E-state index < -0.39 is 0 Å². The Balaban J connectivity index is 1.92. The fraction of sp³-hybridized carbons (Fsp3) is 0.500. The predicted octanol–water partition coefficient (Wildman–Crippen LogP) is 2.74. The molecule has 1 aliphatic carbocycles. The lowest BCUT2D eigenvalue weighted by Crippen LogP contribution is -2.28. The van der Waals surface area contributed by atoms with Gasteiger partial charge in [-0.25, -0.2) is 0 Å². The fourth-order valence-electron chi connectivity index (χ4n) is 3.19. The Morgan fingerprint density at radius 2 is 1.94 bits per heavy atom. The molecular formula is C14H16O2. The highest BCUT2D eigenvalue weighted by atomic mass is 16.5. The van der Waals surface area contributed by atoms with Gasteiger partial charge in [0.15, 0.2) is 0 Å². The number of ether oxygens (including phenoxy) is 1. The minimum absolute atomic E-state index is 0.0264. The molecule has 0 unspecified atom stereocenters. The topological polar surface area (TPSA) is 26.3 Å². The molecule has 0 spiro atoms. The van der Waals surface area contributed by atoms with Gasteiger partial charge >= 0.3 is 5.97 Å². The molecule has 16 heavy (non-hydrogen) atoms. The lowest BCUT2D eigenvalue weighted by molar-refractivity contribution is -0.142. The van der Waals surface area contributed by atoms with Crippen LogP contribution < -0.4 is 0 Å². The molecule has 0 radical (unpaired) electrons. The van der Waals surface area contributed by atoms with Gasteiger partial charge in [0, 0.05) is 5.92 Å². The van der Waals surface area contributed by atoms with E-state index in [1.54, 1.807) is 0 Å². The van der Waals surface area contributed by atoms with Gasteiger partial charge in [0.05, 0.1) is 12.5 Å². The molecule has 3 rings (SSSR count). The molecule has 84 valence electrons. The van der Waals surface area contributed by atoms with Crippen LogP contribution in [0, 0.1) is 11.8 Å². The predicted molar refractivity (Wildman–Crippen MR) is 61.0 cm³/mol. The number of hydrogen-bond donors (Lipinski definition) is 0. The minimum Gasteiger partial charge on any atom is -0.465 e. The van der Waals surface area contributed by atoms with Crippen LogP contribution >= 0.6 is 0 Å². The summed E-state index contributed by atoms with van der Waals surface area (Å²) >= 11 is 0. The lowest BCUT2D eigenvalue weighted by atomic mass is 9.71. The number of esters is 1. The SMILES string of the molecule is O=C1OC[C@H]2CCC[C@H](c3ccccc3)[C@@H]12. The zero-order valence-electron chi connectivity index (χ0n) is 9.26. The van der Waals surface area contributed by atoms with Crippen LogP contribution in [-0.4, -0.2) is 12.6 Å². The Morgan fingerprint density at radius 1 is 1.12 bits per heavy atom. The molecule has 1 saturated carbocycles. The van der Waals surface area contributed by atoms with Crippen LogP contribution in [0.2, 0.25) is 0 Å². The first kappa shape index (κ1) is 9.88. The second-order valence-electron chi connectivity index (χ2n) is 4.86. The van der Waals surface area contributed by atoms with Crippen molar-refractivity contribution in [1.29, 1.82) is 0 Å². The van der Waals surface area contributed by atoms with Gasteiger partial charge in [-0.1, -0.05) is 36.8 Å². The third-order valence-corrected chi connectivity index (χ3v) is 3.97. The third kappa shape index (κ3) is 1.53. The van der Waals surface area contributed by atoms with Crippen molar-refractivity contribution in [1.82, 2.24) is 0 Å². The van der Waals surface area contributed by atoms with Crippen LogP contribution in [0.4, 0.5) is 0 Å². The van der Waals surface area contributed by atoms with E-state index in [-0.39, 0.29) is 11.9 Å². The van der Waals surface area contributed by atoms with Crippen molar-refractivity contribution in [3.05, 3.63) is 35.9 Å². The number of hydrogen-bond acceptors (Lipinski definition) is 2. The van der Waals surface area contributed by atoms with Crippen molar-refractivity contribution in [3.63, 3.8) is 0 Å². The molecule has 1 aromatic rings. The molecule has 0 amide bonds. The van der Waals surface area contributed by atoms with Gasteiger partial charge in [0.2, 0.25) is 0 Å². The van der Waals surface area contributed by atoms with Crippen molar-refractivity contribution in [3.8, 4) is 0 Å². The van der Waals surface area contributed by atoms with Gasteiger partial charge in [0.1, 0.15) is 0 Å². The second-order valence-corrected chi connectivity index (χ2v) is 4.86. The van der Waals surface area contributed by atoms with E-state index in [0.717, 1.165) is 12.8 Å². The highest BCUT2D eigenvalue weighted by Gasteiger charge is 2.44. The Bertz CT molecular complexity index is 385. The summed E-state index contributed by atoms with van der Waals surface area (Å²) < 4.78 is 5.21. The van der Waals surface area contributed by atoms with E-state index in [9.17, 15) is 4.79 Å². The maximum absolute atomic E-state index is 11.8. The van der Waals surface area contributed by atoms with Crippen LogP contribution in [0.25, 0.3) is 0 Å². The quantitative estimate of drug-likeness (QED) is 0.675. The molecular weight excluding hydrogens is 200 g/mol. The number of carbonyl (C=O) groups excluding carboxylic acids is 1. The van der Waals surface area contributed by atoms with E-state index in [4.69, 9.17) is 4.74 Å². The summed E-state index contributed by atoms with van der Waals surface area (Å²) in [5.41, 5.74) is 1.30. The van der Waals surface area contributed by atoms with E-state index in [0.29, 0.717) is 18.4 Å².